The Kier molecular flexibility index (Phi) is 9.47. The average molecular weight is 869 g/mol. The van der Waals surface area contributed by atoms with Crippen LogP contribution in [0.5, 0.6) is 0 Å². The van der Waals surface area contributed by atoms with E-state index in [9.17, 15) is 0 Å². The fourth-order valence-electron chi connectivity index (χ4n) is 11.8. The van der Waals surface area contributed by atoms with Gasteiger partial charge in [-0.1, -0.05) is 219 Å². The van der Waals surface area contributed by atoms with Gasteiger partial charge in [-0.05, 0) is 110 Å². The Balaban J connectivity index is 1.14. The zero-order valence-corrected chi connectivity index (χ0v) is 37.9. The standard InChI is InChI=1S/C66H48N2/c1-45-21-17-24-47(43-45)52-34-18-22-46-23-19-35-56(64(46)52)54-32-13-16-39-61(54)68(51-41-42-55-53-31-12-15-38-60(53)67(63(55)44-51)50-29-9-4-10-30-50)62-40-20-37-59-65(62)57-33-11-14-36-58(57)66(59,48-25-5-2-6-26-48)49-27-7-3-8-28-49/h2-42,44-45H,43H2,1H3. The zero-order chi connectivity index (χ0) is 45.2. The molecule has 1 atom stereocenters. The molecule has 0 amide bonds. The molecule has 11 aromatic rings. The number of anilines is 3. The van der Waals surface area contributed by atoms with Gasteiger partial charge >= 0.3 is 0 Å². The van der Waals surface area contributed by atoms with Crippen LogP contribution in [-0.2, 0) is 5.41 Å². The lowest BCUT2D eigenvalue weighted by atomic mass is 9.68. The van der Waals surface area contributed by atoms with Crippen molar-refractivity contribution in [1.29, 1.82) is 0 Å². The maximum atomic E-state index is 2.57. The van der Waals surface area contributed by atoms with Crippen LogP contribution in [-0.4, -0.2) is 4.57 Å². The fourth-order valence-corrected chi connectivity index (χ4v) is 11.8. The number of para-hydroxylation sites is 3. The van der Waals surface area contributed by atoms with Crippen molar-refractivity contribution in [3.05, 3.63) is 283 Å². The van der Waals surface area contributed by atoms with Crippen molar-refractivity contribution in [2.24, 2.45) is 5.92 Å². The van der Waals surface area contributed by atoms with Gasteiger partial charge in [-0.2, -0.15) is 0 Å². The van der Waals surface area contributed by atoms with Crippen molar-refractivity contribution in [3.8, 4) is 27.9 Å². The first-order valence-electron chi connectivity index (χ1n) is 23.9. The number of aromatic nitrogens is 1. The molecule has 2 aliphatic rings. The van der Waals surface area contributed by atoms with Crippen LogP contribution in [0.15, 0.2) is 255 Å². The summed E-state index contributed by atoms with van der Waals surface area (Å²) in [4.78, 5) is 2.57. The lowest BCUT2D eigenvalue weighted by Gasteiger charge is -2.34. The normalized spacial score (nSPS) is 14.8. The van der Waals surface area contributed by atoms with Crippen LogP contribution in [0.25, 0.3) is 66.1 Å². The maximum absolute atomic E-state index is 2.57. The molecule has 322 valence electrons. The molecule has 10 aromatic carbocycles. The Morgan fingerprint density at radius 3 is 1.82 bits per heavy atom. The van der Waals surface area contributed by atoms with E-state index < -0.39 is 5.41 Å². The second-order valence-electron chi connectivity index (χ2n) is 18.4. The minimum atomic E-state index is -0.552. The van der Waals surface area contributed by atoms with E-state index in [4.69, 9.17) is 0 Å². The van der Waals surface area contributed by atoms with Crippen molar-refractivity contribution in [3.63, 3.8) is 0 Å². The highest BCUT2D eigenvalue weighted by atomic mass is 15.2. The molecule has 0 spiro atoms. The molecule has 2 heteroatoms. The summed E-state index contributed by atoms with van der Waals surface area (Å²) in [6, 6.07) is 87.9. The molecule has 1 heterocycles. The summed E-state index contributed by atoms with van der Waals surface area (Å²) in [5.41, 5.74) is 18.9. The first-order valence-corrected chi connectivity index (χ1v) is 23.9. The van der Waals surface area contributed by atoms with Gasteiger partial charge in [0.05, 0.1) is 27.8 Å². The van der Waals surface area contributed by atoms with Gasteiger partial charge in [-0.15, -0.1) is 0 Å². The van der Waals surface area contributed by atoms with Gasteiger partial charge in [0.25, 0.3) is 0 Å². The van der Waals surface area contributed by atoms with Crippen LogP contribution >= 0.6 is 0 Å². The highest BCUT2D eigenvalue weighted by Crippen LogP contribution is 2.60. The quantitative estimate of drug-likeness (QED) is 0.148. The fraction of sp³-hybridized carbons (Fsp3) is 0.0606. The zero-order valence-electron chi connectivity index (χ0n) is 37.9. The minimum Gasteiger partial charge on any atom is -0.309 e. The topological polar surface area (TPSA) is 8.17 Å². The van der Waals surface area contributed by atoms with Gasteiger partial charge in [0.2, 0.25) is 0 Å². The summed E-state index contributed by atoms with van der Waals surface area (Å²) < 4.78 is 2.43. The molecule has 0 saturated carbocycles. The summed E-state index contributed by atoms with van der Waals surface area (Å²) in [5, 5.41) is 4.98. The smallest absolute Gasteiger partial charge is 0.0714 e. The predicted octanol–water partition coefficient (Wildman–Crippen LogP) is 17.4. The number of fused-ring (bicyclic) bond motifs is 7. The minimum absolute atomic E-state index is 0.475. The number of benzene rings is 10. The molecule has 1 aromatic heterocycles. The summed E-state index contributed by atoms with van der Waals surface area (Å²) >= 11 is 0. The Morgan fingerprint density at radius 1 is 0.471 bits per heavy atom. The molecule has 0 aliphatic heterocycles. The molecule has 68 heavy (non-hydrogen) atoms. The molecule has 13 rings (SSSR count). The summed E-state index contributed by atoms with van der Waals surface area (Å²) in [6.07, 6.45) is 7.89. The Morgan fingerprint density at radius 2 is 1.06 bits per heavy atom. The van der Waals surface area contributed by atoms with Crippen molar-refractivity contribution < 1.29 is 0 Å². The maximum Gasteiger partial charge on any atom is 0.0714 e. The van der Waals surface area contributed by atoms with E-state index in [0.29, 0.717) is 5.92 Å². The van der Waals surface area contributed by atoms with E-state index in [0.717, 1.165) is 34.7 Å². The second kappa shape index (κ2) is 16.2. The second-order valence-corrected chi connectivity index (χ2v) is 18.4. The molecule has 1 unspecified atom stereocenters. The molecule has 0 radical (unpaired) electrons. The van der Waals surface area contributed by atoms with Crippen molar-refractivity contribution in [1.82, 2.24) is 4.57 Å². The van der Waals surface area contributed by atoms with Crippen LogP contribution in [0.1, 0.15) is 41.2 Å². The number of allylic oxidation sites excluding steroid dienone is 4. The van der Waals surface area contributed by atoms with E-state index in [1.165, 1.54) is 82.7 Å². The van der Waals surface area contributed by atoms with Gasteiger partial charge in [-0.25, -0.2) is 0 Å². The van der Waals surface area contributed by atoms with Crippen LogP contribution < -0.4 is 4.90 Å². The van der Waals surface area contributed by atoms with E-state index in [2.05, 4.69) is 271 Å². The largest absolute Gasteiger partial charge is 0.309 e. The van der Waals surface area contributed by atoms with Gasteiger partial charge in [0.1, 0.15) is 0 Å². The van der Waals surface area contributed by atoms with Crippen LogP contribution in [0.4, 0.5) is 17.1 Å². The number of rotatable bonds is 8. The highest BCUT2D eigenvalue weighted by molar-refractivity contribution is 6.12. The van der Waals surface area contributed by atoms with Crippen molar-refractivity contribution in [2.75, 3.05) is 4.90 Å². The number of nitrogens with zero attached hydrogens (tertiary/aromatic N) is 2. The molecular weight excluding hydrogens is 821 g/mol. The summed E-state index contributed by atoms with van der Waals surface area (Å²) in [5.74, 6) is 0.475. The molecule has 0 saturated heterocycles. The lowest BCUT2D eigenvalue weighted by Crippen LogP contribution is -2.28. The van der Waals surface area contributed by atoms with Crippen LogP contribution in [0.3, 0.4) is 0 Å². The Labute approximate surface area is 398 Å². The predicted molar refractivity (Wildman–Crippen MR) is 287 cm³/mol. The van der Waals surface area contributed by atoms with Crippen LogP contribution in [0, 0.1) is 5.92 Å². The van der Waals surface area contributed by atoms with E-state index in [-0.39, 0.29) is 0 Å². The molecule has 0 bridgehead atoms. The third-order valence-electron chi connectivity index (χ3n) is 14.6. The van der Waals surface area contributed by atoms with Crippen molar-refractivity contribution >= 4 is 55.2 Å². The number of hydrogen-bond donors (Lipinski definition) is 0. The summed E-state index contributed by atoms with van der Waals surface area (Å²) in [7, 11) is 0. The van der Waals surface area contributed by atoms with Crippen molar-refractivity contribution in [2.45, 2.75) is 18.8 Å². The van der Waals surface area contributed by atoms with E-state index in [1.807, 2.05) is 0 Å². The van der Waals surface area contributed by atoms with E-state index >= 15 is 0 Å². The van der Waals surface area contributed by atoms with Gasteiger partial charge in [-0.3, -0.25) is 0 Å². The van der Waals surface area contributed by atoms with Crippen LogP contribution in [0.2, 0.25) is 0 Å². The molecule has 0 N–H and O–H groups in total. The van der Waals surface area contributed by atoms with Gasteiger partial charge < -0.3 is 9.47 Å². The van der Waals surface area contributed by atoms with Gasteiger partial charge in [0, 0.05) is 33.3 Å². The first-order chi connectivity index (χ1) is 33.7. The summed E-state index contributed by atoms with van der Waals surface area (Å²) in [6.45, 7) is 2.32. The highest BCUT2D eigenvalue weighted by Gasteiger charge is 2.47. The Hall–Kier alpha value is -8.46. The third-order valence-corrected chi connectivity index (χ3v) is 14.6. The Bertz CT molecular complexity index is 3740. The van der Waals surface area contributed by atoms with Gasteiger partial charge in [0.15, 0.2) is 0 Å². The number of hydrogen-bond acceptors (Lipinski definition) is 1. The lowest BCUT2D eigenvalue weighted by molar-refractivity contribution is 0.749. The first kappa shape index (κ1) is 39.9. The average Bonchev–Trinajstić information content (AvgIpc) is 3.90. The molecular formula is C66H48N2. The molecule has 2 nitrogen and oxygen atoms in total. The SMILES string of the molecule is CC1C=CC=C(c2cccc3cccc(-c4ccccc4N(c4ccc5c6ccccc6n(-c6ccccc6)c5c4)c4cccc5c4-c4ccccc4C5(c4ccccc4)c4ccccc4)c23)C1. The van der Waals surface area contributed by atoms with E-state index in [1.54, 1.807) is 0 Å². The molecule has 0 fully saturated rings. The molecule has 2 aliphatic carbocycles. The third kappa shape index (κ3) is 6.11. The monoisotopic (exact) mass is 868 g/mol.